The van der Waals surface area contributed by atoms with Gasteiger partial charge in [-0.2, -0.15) is 20.6 Å². The van der Waals surface area contributed by atoms with E-state index >= 15 is 0 Å². The zero-order chi connectivity index (χ0) is 31.4. The summed E-state index contributed by atoms with van der Waals surface area (Å²) in [7, 11) is 0. The molecule has 238 valence electrons. The number of hydrogen-bond acceptors (Lipinski definition) is 7. The van der Waals surface area contributed by atoms with E-state index < -0.39 is 0 Å². The average molecular weight is 618 g/mol. The highest BCUT2D eigenvalue weighted by Gasteiger charge is 2.46. The minimum absolute atomic E-state index is 0.144. The molecule has 3 aromatic rings. The van der Waals surface area contributed by atoms with Crippen LogP contribution in [-0.2, 0) is 9.53 Å². The van der Waals surface area contributed by atoms with E-state index in [1.165, 1.54) is 31.4 Å². The van der Waals surface area contributed by atoms with E-state index in [4.69, 9.17) is 14.9 Å². The number of nitriles is 1. The molecule has 0 spiro atoms. The molecule has 2 N–H and O–H groups in total. The quantitative estimate of drug-likeness (QED) is 0.320. The number of fused-ring (bicyclic) bond motifs is 3. The number of benzene rings is 1. The Morgan fingerprint density at radius 3 is 2.52 bits per heavy atom. The Morgan fingerprint density at radius 1 is 1.02 bits per heavy atom. The van der Waals surface area contributed by atoms with Crippen molar-refractivity contribution in [1.29, 1.82) is 5.26 Å². The van der Waals surface area contributed by atoms with Crippen LogP contribution >= 0.6 is 0 Å². The lowest BCUT2D eigenvalue weighted by molar-refractivity contribution is -0.127. The Morgan fingerprint density at radius 2 is 1.80 bits per heavy atom. The number of carbonyl (C=O) groups is 1. The van der Waals surface area contributed by atoms with E-state index in [1.54, 1.807) is 6.20 Å². The minimum Gasteiger partial charge on any atom is -0.376 e. The van der Waals surface area contributed by atoms with Crippen LogP contribution in [0.25, 0.3) is 16.8 Å². The predicted molar refractivity (Wildman–Crippen MR) is 179 cm³/mol. The summed E-state index contributed by atoms with van der Waals surface area (Å²) in [4.78, 5) is 13.2. The van der Waals surface area contributed by atoms with Gasteiger partial charge in [-0.05, 0) is 100 Å². The zero-order valence-corrected chi connectivity index (χ0v) is 26.8. The van der Waals surface area contributed by atoms with Gasteiger partial charge in [-0.1, -0.05) is 19.1 Å². The van der Waals surface area contributed by atoms with Crippen LogP contribution in [0.15, 0.2) is 52.8 Å². The second kappa shape index (κ2) is 11.6. The van der Waals surface area contributed by atoms with Crippen LogP contribution in [0, 0.1) is 40.9 Å². The molecule has 4 fully saturated rings. The van der Waals surface area contributed by atoms with Gasteiger partial charge in [0.2, 0.25) is 5.91 Å². The molecule has 3 aliphatic carbocycles. The maximum Gasteiger partial charge on any atom is 0.223 e. The van der Waals surface area contributed by atoms with Crippen LogP contribution in [0.5, 0.6) is 0 Å². The molecular formula is C37H43N7O2. The number of hydrogen-bond donors (Lipinski definition) is 2. The topological polar surface area (TPSA) is 116 Å². The smallest absolute Gasteiger partial charge is 0.223 e. The van der Waals surface area contributed by atoms with Gasteiger partial charge in [-0.25, -0.2) is 4.52 Å². The first kappa shape index (κ1) is 29.4. The van der Waals surface area contributed by atoms with E-state index in [9.17, 15) is 10.1 Å². The lowest BCUT2D eigenvalue weighted by atomic mass is 9.74. The molecule has 2 unspecified atom stereocenters. The Kier molecular flexibility index (Phi) is 7.44. The van der Waals surface area contributed by atoms with Crippen LogP contribution in [0.1, 0.15) is 82.8 Å². The summed E-state index contributed by atoms with van der Waals surface area (Å²) < 4.78 is 7.45. The summed E-state index contributed by atoms with van der Waals surface area (Å²) >= 11 is 0. The van der Waals surface area contributed by atoms with Crippen molar-refractivity contribution < 1.29 is 9.53 Å². The molecule has 9 heteroatoms. The van der Waals surface area contributed by atoms with Crippen molar-refractivity contribution in [2.24, 2.45) is 39.8 Å². The number of ether oxygens (including phenoxy) is 1. The highest BCUT2D eigenvalue weighted by Crippen LogP contribution is 2.47. The van der Waals surface area contributed by atoms with Crippen molar-refractivity contribution in [2.45, 2.75) is 83.2 Å². The molecule has 4 atom stereocenters. The fourth-order valence-corrected chi connectivity index (χ4v) is 8.73. The Balaban J connectivity index is 0.978. The molecular weight excluding hydrogens is 574 g/mol. The summed E-state index contributed by atoms with van der Waals surface area (Å²) in [6.07, 6.45) is 11.4. The van der Waals surface area contributed by atoms with Crippen LogP contribution < -0.4 is 10.6 Å². The zero-order valence-electron chi connectivity index (χ0n) is 26.8. The largest absolute Gasteiger partial charge is 0.376 e. The fourth-order valence-electron chi connectivity index (χ4n) is 8.73. The van der Waals surface area contributed by atoms with Gasteiger partial charge in [0.25, 0.3) is 0 Å². The van der Waals surface area contributed by atoms with Crippen molar-refractivity contribution in [3.05, 3.63) is 53.7 Å². The molecule has 0 radical (unpaired) electrons. The molecule has 8 rings (SSSR count). The Hall–Kier alpha value is -4.03. The van der Waals surface area contributed by atoms with Gasteiger partial charge in [-0.15, -0.1) is 0 Å². The minimum atomic E-state index is -0.144. The molecule has 2 aliphatic heterocycles. The third-order valence-corrected chi connectivity index (χ3v) is 11.4. The monoisotopic (exact) mass is 617 g/mol. The Bertz CT molecular complexity index is 1760. The summed E-state index contributed by atoms with van der Waals surface area (Å²) in [6, 6.07) is 14.9. The molecule has 5 aliphatic rings. The summed E-state index contributed by atoms with van der Waals surface area (Å²) in [5.41, 5.74) is 7.57. The molecule has 2 aromatic heterocycles. The number of nitrogens with zero attached hydrogens (tertiary/aromatic N) is 5. The van der Waals surface area contributed by atoms with Crippen LogP contribution in [-0.4, -0.2) is 51.7 Å². The second-order valence-electron chi connectivity index (χ2n) is 14.9. The number of anilines is 1. The first-order valence-corrected chi connectivity index (χ1v) is 17.2. The Labute approximate surface area is 270 Å². The van der Waals surface area contributed by atoms with E-state index in [2.05, 4.69) is 53.8 Å². The number of aromatic nitrogens is 2. The number of rotatable bonds is 7. The number of carbonyl (C=O) groups excluding carboxylic acids is 1. The van der Waals surface area contributed by atoms with Crippen molar-refractivity contribution in [3.8, 4) is 17.3 Å². The molecule has 46 heavy (non-hydrogen) atoms. The standard InChI is InChI=1S/C37H43N7O2/c1-22-3-5-24(6-4-22)36(45)40-35-26-7-8-27(35)15-28(14-26)31-17-33(43-42-31)30-11-9-25(16-32(30)41-37(2)20-46-21-37)34-12-10-29-13-23(18-38)19-39-44(29)34/h9-13,16,19,22,24,26-28,35,41H,3-8,14-15,17,20-21H2,1-2H3,(H,40,45)/t22?,24?,26-,27+,28?,35?. The summed E-state index contributed by atoms with van der Waals surface area (Å²) in [5.74, 6) is 2.76. The first-order chi connectivity index (χ1) is 22.4. The molecule has 1 aromatic carbocycles. The highest BCUT2D eigenvalue weighted by atomic mass is 16.5. The van der Waals surface area contributed by atoms with Crippen LogP contribution in [0.2, 0.25) is 0 Å². The van der Waals surface area contributed by atoms with Gasteiger partial charge in [0.1, 0.15) is 6.07 Å². The maximum absolute atomic E-state index is 13.2. The lowest BCUT2D eigenvalue weighted by Crippen LogP contribution is -2.53. The molecule has 1 amide bonds. The number of amides is 1. The maximum atomic E-state index is 13.2. The van der Waals surface area contributed by atoms with Crippen molar-refractivity contribution in [3.63, 3.8) is 0 Å². The summed E-state index contributed by atoms with van der Waals surface area (Å²) in [6.45, 7) is 5.80. The van der Waals surface area contributed by atoms with E-state index in [0.717, 1.165) is 71.8 Å². The van der Waals surface area contributed by atoms with Crippen molar-refractivity contribution in [2.75, 3.05) is 18.5 Å². The van der Waals surface area contributed by atoms with Crippen molar-refractivity contribution in [1.82, 2.24) is 14.9 Å². The molecule has 1 saturated heterocycles. The third kappa shape index (κ3) is 5.41. The van der Waals surface area contributed by atoms with Gasteiger partial charge in [-0.3, -0.25) is 4.79 Å². The van der Waals surface area contributed by atoms with Crippen LogP contribution in [0.3, 0.4) is 0 Å². The SMILES string of the molecule is CC1CCC(C(=O)NC2[C@@H]3CC[C@H]2CC(C2=NN=C(c4ccc(-c5ccc6cc(C#N)cnn56)cc4NC4(C)COC4)C2)C3)CC1. The van der Waals surface area contributed by atoms with E-state index in [-0.39, 0.29) is 11.5 Å². The van der Waals surface area contributed by atoms with Gasteiger partial charge >= 0.3 is 0 Å². The van der Waals surface area contributed by atoms with Crippen LogP contribution in [0.4, 0.5) is 5.69 Å². The van der Waals surface area contributed by atoms with E-state index in [1.807, 2.05) is 22.7 Å². The normalized spacial score (nSPS) is 29.8. The average Bonchev–Trinajstić information content (AvgIpc) is 3.76. The fraction of sp³-hybridized carbons (Fsp3) is 0.541. The molecule has 2 bridgehead atoms. The van der Waals surface area contributed by atoms with E-state index in [0.29, 0.717) is 48.5 Å². The van der Waals surface area contributed by atoms with Gasteiger partial charge in [0.05, 0.1) is 47.4 Å². The second-order valence-corrected chi connectivity index (χ2v) is 14.9. The highest BCUT2D eigenvalue weighted by molar-refractivity contribution is 6.18. The van der Waals surface area contributed by atoms with Gasteiger partial charge < -0.3 is 15.4 Å². The molecule has 9 nitrogen and oxygen atoms in total. The van der Waals surface area contributed by atoms with Crippen molar-refractivity contribution >= 4 is 28.5 Å². The lowest BCUT2D eigenvalue weighted by Gasteiger charge is -2.40. The number of nitrogens with one attached hydrogen (secondary N) is 2. The predicted octanol–water partition coefficient (Wildman–Crippen LogP) is 6.37. The van der Waals surface area contributed by atoms with Gasteiger partial charge in [0.15, 0.2) is 0 Å². The summed E-state index contributed by atoms with van der Waals surface area (Å²) in [5, 5.41) is 30.7. The van der Waals surface area contributed by atoms with Gasteiger partial charge in [0, 0.05) is 46.8 Å². The molecule has 3 saturated carbocycles. The molecule has 4 heterocycles. The third-order valence-electron chi connectivity index (χ3n) is 11.4. The first-order valence-electron chi connectivity index (χ1n) is 17.2.